The first-order valence-corrected chi connectivity index (χ1v) is 21.0. The molecule has 53 heavy (non-hydrogen) atoms. The first-order valence-electron chi connectivity index (χ1n) is 21.0. The van der Waals surface area contributed by atoms with E-state index in [-0.39, 0.29) is 22.5 Å². The summed E-state index contributed by atoms with van der Waals surface area (Å²) in [5.74, 6) is -0.138. The van der Waals surface area contributed by atoms with Gasteiger partial charge in [0, 0.05) is 22.3 Å². The Bertz CT molecular complexity index is 1370. The van der Waals surface area contributed by atoms with Crippen molar-refractivity contribution in [3.05, 3.63) is 57.6 Å². The molecule has 2 aromatic rings. The molecule has 0 aliphatic carbocycles. The average molecular weight is 735 g/mol. The van der Waals surface area contributed by atoms with Crippen LogP contribution in [-0.4, -0.2) is 23.7 Å². The quantitative estimate of drug-likeness (QED) is 0.0833. The lowest BCUT2D eigenvalue weighted by Crippen LogP contribution is -2.24. The van der Waals surface area contributed by atoms with Gasteiger partial charge in [0.25, 0.3) is 0 Å². The molecule has 2 rings (SSSR count). The van der Waals surface area contributed by atoms with Gasteiger partial charge in [-0.25, -0.2) is 9.59 Å². The Balaban J connectivity index is 2.06. The molecule has 0 aliphatic rings. The lowest BCUT2D eigenvalue weighted by Gasteiger charge is -2.30. The third-order valence-corrected chi connectivity index (χ3v) is 10.3. The molecule has 5 nitrogen and oxygen atoms in total. The first-order chi connectivity index (χ1) is 24.6. The highest BCUT2D eigenvalue weighted by Gasteiger charge is 2.33. The van der Waals surface area contributed by atoms with Crippen LogP contribution >= 0.6 is 0 Å². The molecule has 300 valence electrons. The maximum Gasteiger partial charge on any atom is 0.343 e. The average Bonchev–Trinajstić information content (AvgIpc) is 3.04. The summed E-state index contributed by atoms with van der Waals surface area (Å²) in [4.78, 5) is 27.5. The van der Waals surface area contributed by atoms with Gasteiger partial charge in [0.05, 0.1) is 17.7 Å². The fourth-order valence-electron chi connectivity index (χ4n) is 6.92. The highest BCUT2D eigenvalue weighted by molar-refractivity contribution is 5.94. The minimum atomic E-state index is -0.490. The van der Waals surface area contributed by atoms with Crippen molar-refractivity contribution in [1.82, 2.24) is 0 Å². The summed E-state index contributed by atoms with van der Waals surface area (Å²) in [7, 11) is 0. The number of phenolic OH excluding ortho intramolecular Hbond substituents is 1. The molecular formula is C48H78O5. The normalized spacial score (nSPS) is 12.6. The summed E-state index contributed by atoms with van der Waals surface area (Å²) in [6.07, 6.45) is 20.8. The number of esters is 2. The number of aromatic hydroxyl groups is 1. The molecule has 0 saturated carbocycles. The zero-order valence-corrected chi connectivity index (χ0v) is 36.4. The fourth-order valence-corrected chi connectivity index (χ4v) is 6.92. The number of ether oxygens (including phenoxy) is 2. The van der Waals surface area contributed by atoms with Crippen LogP contribution in [0.5, 0.6) is 11.5 Å². The Hall–Kier alpha value is -2.82. The lowest BCUT2D eigenvalue weighted by molar-refractivity contribution is 0.0497. The monoisotopic (exact) mass is 735 g/mol. The highest BCUT2D eigenvalue weighted by atomic mass is 16.5. The van der Waals surface area contributed by atoms with Crippen LogP contribution < -0.4 is 4.74 Å². The number of carbonyl (C=O) groups is 2. The predicted octanol–water partition coefficient (Wildman–Crippen LogP) is 14.2. The molecule has 0 fully saturated rings. The second kappa shape index (κ2) is 20.7. The van der Waals surface area contributed by atoms with E-state index in [2.05, 4.69) is 48.5 Å². The Labute approximate surface area is 325 Å². The van der Waals surface area contributed by atoms with Gasteiger partial charge in [0.15, 0.2) is 0 Å². The third-order valence-electron chi connectivity index (χ3n) is 10.3. The molecule has 0 spiro atoms. The second-order valence-corrected chi connectivity index (χ2v) is 19.6. The van der Waals surface area contributed by atoms with Crippen molar-refractivity contribution in [1.29, 1.82) is 0 Å². The molecule has 0 radical (unpaired) electrons. The molecule has 0 aromatic heterocycles. The summed E-state index contributed by atoms with van der Waals surface area (Å²) in [6.45, 7) is 27.2. The van der Waals surface area contributed by atoms with Gasteiger partial charge in [-0.3, -0.25) is 0 Å². The summed E-state index contributed by atoms with van der Waals surface area (Å²) >= 11 is 0. The van der Waals surface area contributed by atoms with Crippen molar-refractivity contribution in [3.63, 3.8) is 0 Å². The van der Waals surface area contributed by atoms with Crippen molar-refractivity contribution >= 4 is 11.9 Å². The number of benzene rings is 2. The van der Waals surface area contributed by atoms with E-state index < -0.39 is 16.8 Å². The molecule has 0 atom stereocenters. The Kier molecular flexibility index (Phi) is 18.1. The maximum atomic E-state index is 14.0. The zero-order chi connectivity index (χ0) is 40.0. The predicted molar refractivity (Wildman–Crippen MR) is 224 cm³/mol. The van der Waals surface area contributed by atoms with E-state index in [9.17, 15) is 14.7 Å². The van der Waals surface area contributed by atoms with Crippen molar-refractivity contribution in [3.8, 4) is 11.5 Å². The van der Waals surface area contributed by atoms with Crippen LogP contribution in [0, 0.1) is 0 Å². The molecule has 1 N–H and O–H groups in total. The molecule has 0 saturated heterocycles. The van der Waals surface area contributed by atoms with Crippen LogP contribution in [-0.2, 0) is 26.4 Å². The molecule has 0 aliphatic heterocycles. The SMILES string of the molecule is CCCCCCCCCCCCCCCCCCOC(=O)c1cc(C(C)(C)C)c(OC(=O)c2cc(C(C)(C)C)c(O)c(C(C)(C)C)c2)c(C(C)(C)C)c1. The topological polar surface area (TPSA) is 72.8 Å². The Morgan fingerprint density at radius 3 is 1.11 bits per heavy atom. The third kappa shape index (κ3) is 15.4. The molecule has 0 amide bonds. The molecule has 5 heteroatoms. The van der Waals surface area contributed by atoms with Crippen LogP contribution in [0.4, 0.5) is 0 Å². The number of rotatable bonds is 20. The lowest BCUT2D eigenvalue weighted by atomic mass is 9.78. The summed E-state index contributed by atoms with van der Waals surface area (Å²) in [5.41, 5.74) is 2.19. The van der Waals surface area contributed by atoms with E-state index in [0.717, 1.165) is 24.0 Å². The van der Waals surface area contributed by atoms with Crippen LogP contribution in [0.2, 0.25) is 0 Å². The molecule has 0 bridgehead atoms. The van der Waals surface area contributed by atoms with Gasteiger partial charge < -0.3 is 14.6 Å². The molecule has 0 unspecified atom stereocenters. The van der Waals surface area contributed by atoms with Crippen molar-refractivity contribution < 1.29 is 24.2 Å². The van der Waals surface area contributed by atoms with Gasteiger partial charge >= 0.3 is 11.9 Å². The summed E-state index contributed by atoms with van der Waals surface area (Å²) < 4.78 is 12.2. The van der Waals surface area contributed by atoms with Crippen LogP contribution in [0.25, 0.3) is 0 Å². The van der Waals surface area contributed by atoms with Crippen LogP contribution in [0.3, 0.4) is 0 Å². The number of hydrogen-bond acceptors (Lipinski definition) is 5. The Morgan fingerprint density at radius 1 is 0.472 bits per heavy atom. The van der Waals surface area contributed by atoms with Crippen molar-refractivity contribution in [2.24, 2.45) is 0 Å². The van der Waals surface area contributed by atoms with Crippen LogP contribution in [0.15, 0.2) is 24.3 Å². The number of carbonyl (C=O) groups excluding carboxylic acids is 2. The maximum absolute atomic E-state index is 14.0. The number of hydrogen-bond donors (Lipinski definition) is 1. The van der Waals surface area contributed by atoms with E-state index in [1.54, 1.807) is 12.1 Å². The van der Waals surface area contributed by atoms with Gasteiger partial charge in [-0.15, -0.1) is 0 Å². The van der Waals surface area contributed by atoms with E-state index in [0.29, 0.717) is 34.6 Å². The van der Waals surface area contributed by atoms with E-state index >= 15 is 0 Å². The summed E-state index contributed by atoms with van der Waals surface area (Å²) in [6, 6.07) is 7.19. The largest absolute Gasteiger partial charge is 0.507 e. The van der Waals surface area contributed by atoms with Gasteiger partial charge in [-0.05, 0) is 52.3 Å². The molecule has 2 aromatic carbocycles. The highest BCUT2D eigenvalue weighted by Crippen LogP contribution is 2.43. The van der Waals surface area contributed by atoms with Crippen molar-refractivity contribution in [2.75, 3.05) is 6.61 Å². The number of phenols is 1. The minimum absolute atomic E-state index is 0.217. The van der Waals surface area contributed by atoms with Crippen molar-refractivity contribution in [2.45, 2.75) is 214 Å². The van der Waals surface area contributed by atoms with Gasteiger partial charge in [-0.2, -0.15) is 0 Å². The number of unbranched alkanes of at least 4 members (excludes halogenated alkanes) is 15. The van der Waals surface area contributed by atoms with Gasteiger partial charge in [0.2, 0.25) is 0 Å². The van der Waals surface area contributed by atoms with Gasteiger partial charge in [0.1, 0.15) is 11.5 Å². The standard InChI is InChI=1S/C48H78O5/c1-14-15-16-17-18-19-20-21-22-23-24-25-26-27-28-29-30-52-43(50)35-33-39(47(8,9)10)42(40(34-35)48(11,12)13)53-44(51)36-31-37(45(2,3)4)41(49)38(32-36)46(5,6)7/h31-34,49H,14-30H2,1-13H3. The minimum Gasteiger partial charge on any atom is -0.507 e. The van der Waals surface area contributed by atoms with E-state index in [1.165, 1.54) is 89.9 Å². The van der Waals surface area contributed by atoms with Crippen LogP contribution in [0.1, 0.15) is 236 Å². The van der Waals surface area contributed by atoms with E-state index in [1.807, 2.05) is 53.7 Å². The second-order valence-electron chi connectivity index (χ2n) is 19.6. The zero-order valence-electron chi connectivity index (χ0n) is 36.4. The smallest absolute Gasteiger partial charge is 0.343 e. The molecular weight excluding hydrogens is 657 g/mol. The Morgan fingerprint density at radius 2 is 0.774 bits per heavy atom. The van der Waals surface area contributed by atoms with Gasteiger partial charge in [-0.1, -0.05) is 186 Å². The molecule has 0 heterocycles. The summed E-state index contributed by atoms with van der Waals surface area (Å²) in [5, 5.41) is 11.2. The first kappa shape index (κ1) is 46.3. The van der Waals surface area contributed by atoms with E-state index in [4.69, 9.17) is 9.47 Å². The fraction of sp³-hybridized carbons (Fsp3) is 0.708.